The number of aliphatic hydroxyl groups is 3. The third-order valence-corrected chi connectivity index (χ3v) is 13.7. The van der Waals surface area contributed by atoms with Crippen LogP contribution in [0, 0.1) is 5.92 Å². The summed E-state index contributed by atoms with van der Waals surface area (Å²) in [6, 6.07) is 6.37. The van der Waals surface area contributed by atoms with Gasteiger partial charge in [-0.3, -0.25) is 9.59 Å². The standard InChI is InChI=1S/C56H101N3O8/c1-5-7-9-11-13-15-17-19-21-23-25-27-29-31-33-38-42-58(50(61)41-37-32-30-28-26-24-22-20-18-16-14-12-10-8-6-2)55-51(53(63)52(62)49(44-60)67-55)59(54(64)48(57)43-46(3)4)56(65)66-45-47-39-35-34-36-40-47/h34-36,39-40,46,48-49,51-53,55,60,62-63H,5-33,37-38,41-45,57H2,1-4H3/t48-,49+,51+,52-,53+,55+/m0/s1. The van der Waals surface area contributed by atoms with Gasteiger partial charge in [-0.05, 0) is 30.7 Å². The number of carbonyl (C=O) groups excluding carboxylic acids is 3. The Morgan fingerprint density at radius 1 is 0.627 bits per heavy atom. The quantitative estimate of drug-likeness (QED) is 0.0468. The van der Waals surface area contributed by atoms with Crippen molar-refractivity contribution in [3.63, 3.8) is 0 Å². The van der Waals surface area contributed by atoms with E-state index in [-0.39, 0.29) is 37.8 Å². The molecule has 0 aromatic heterocycles. The Morgan fingerprint density at radius 3 is 1.46 bits per heavy atom. The molecule has 0 unspecified atom stereocenters. The lowest BCUT2D eigenvalue weighted by Gasteiger charge is -2.49. The highest BCUT2D eigenvalue weighted by molar-refractivity contribution is 5.95. The number of nitrogens with two attached hydrogens (primary N) is 1. The van der Waals surface area contributed by atoms with Crippen LogP contribution >= 0.6 is 0 Å². The predicted octanol–water partition coefficient (Wildman–Crippen LogP) is 12.7. The first-order valence-electron chi connectivity index (χ1n) is 27.8. The summed E-state index contributed by atoms with van der Waals surface area (Å²) in [4.78, 5) is 45.2. The fourth-order valence-electron chi connectivity index (χ4n) is 9.57. The number of amides is 3. The van der Waals surface area contributed by atoms with Gasteiger partial charge in [0.15, 0.2) is 6.23 Å². The van der Waals surface area contributed by atoms with Gasteiger partial charge in [-0.25, -0.2) is 9.69 Å². The van der Waals surface area contributed by atoms with E-state index in [4.69, 9.17) is 15.2 Å². The summed E-state index contributed by atoms with van der Waals surface area (Å²) < 4.78 is 12.0. The van der Waals surface area contributed by atoms with E-state index in [1.807, 2.05) is 32.0 Å². The third kappa shape index (κ3) is 26.3. The third-order valence-electron chi connectivity index (χ3n) is 13.7. The summed E-state index contributed by atoms with van der Waals surface area (Å²) >= 11 is 0. The molecule has 11 nitrogen and oxygen atoms in total. The molecule has 6 atom stereocenters. The lowest BCUT2D eigenvalue weighted by molar-refractivity contribution is -0.245. The molecule has 1 aliphatic heterocycles. The van der Waals surface area contributed by atoms with Crippen molar-refractivity contribution in [3.05, 3.63) is 35.9 Å². The molecule has 0 spiro atoms. The second-order valence-electron chi connectivity index (χ2n) is 20.3. The summed E-state index contributed by atoms with van der Waals surface area (Å²) in [6.45, 7) is 7.82. The molecule has 0 saturated carbocycles. The molecule has 388 valence electrons. The van der Waals surface area contributed by atoms with Crippen molar-refractivity contribution in [2.75, 3.05) is 13.2 Å². The van der Waals surface area contributed by atoms with Crippen LogP contribution in [-0.2, 0) is 25.7 Å². The number of benzene rings is 1. The van der Waals surface area contributed by atoms with E-state index < -0.39 is 55.2 Å². The summed E-state index contributed by atoms with van der Waals surface area (Å²) in [5, 5.41) is 33.5. The van der Waals surface area contributed by atoms with Gasteiger partial charge in [0, 0.05) is 13.0 Å². The lowest BCUT2D eigenvalue weighted by atomic mass is 9.92. The molecule has 1 heterocycles. The first kappa shape index (κ1) is 60.6. The fourth-order valence-corrected chi connectivity index (χ4v) is 9.57. The number of carbonyl (C=O) groups is 3. The van der Waals surface area contributed by atoms with Crippen molar-refractivity contribution in [3.8, 4) is 0 Å². The first-order valence-corrected chi connectivity index (χ1v) is 27.8. The van der Waals surface area contributed by atoms with Crippen LogP contribution in [0.3, 0.4) is 0 Å². The van der Waals surface area contributed by atoms with Crippen molar-refractivity contribution in [1.29, 1.82) is 0 Å². The Bertz CT molecular complexity index is 1370. The molecule has 0 radical (unpaired) electrons. The average molecular weight is 944 g/mol. The van der Waals surface area contributed by atoms with E-state index in [0.717, 1.165) is 43.4 Å². The molecule has 1 fully saturated rings. The van der Waals surface area contributed by atoms with Crippen molar-refractivity contribution >= 4 is 17.9 Å². The first-order chi connectivity index (χ1) is 32.6. The molecule has 0 bridgehead atoms. The van der Waals surface area contributed by atoms with Gasteiger partial charge in [-0.2, -0.15) is 0 Å². The van der Waals surface area contributed by atoms with Gasteiger partial charge in [0.25, 0.3) is 0 Å². The van der Waals surface area contributed by atoms with Crippen LogP contribution in [0.5, 0.6) is 0 Å². The van der Waals surface area contributed by atoms with Gasteiger partial charge in [-0.1, -0.05) is 244 Å². The zero-order valence-electron chi connectivity index (χ0n) is 43.2. The van der Waals surface area contributed by atoms with E-state index in [0.29, 0.717) is 18.4 Å². The number of nitrogens with zero attached hydrogens (tertiary/aromatic N) is 2. The molecule has 11 heteroatoms. The molecule has 2 rings (SSSR count). The maximum Gasteiger partial charge on any atom is 0.417 e. The van der Waals surface area contributed by atoms with Crippen LogP contribution in [0.15, 0.2) is 30.3 Å². The van der Waals surface area contributed by atoms with Crippen LogP contribution < -0.4 is 5.73 Å². The topological polar surface area (TPSA) is 163 Å². The minimum absolute atomic E-state index is 0.0108. The number of ether oxygens (including phenoxy) is 2. The van der Waals surface area contributed by atoms with E-state index in [9.17, 15) is 29.7 Å². The Kier molecular flexibility index (Phi) is 35.4. The Hall–Kier alpha value is -2.57. The van der Waals surface area contributed by atoms with Gasteiger partial charge < -0.3 is 35.4 Å². The number of hydrogen-bond donors (Lipinski definition) is 4. The summed E-state index contributed by atoms with van der Waals surface area (Å²) in [5.41, 5.74) is 7.14. The van der Waals surface area contributed by atoms with Crippen LogP contribution in [0.4, 0.5) is 4.79 Å². The number of aliphatic hydroxyl groups excluding tert-OH is 3. The molecular weight excluding hydrogens is 843 g/mol. The molecule has 1 saturated heterocycles. The van der Waals surface area contributed by atoms with Crippen LogP contribution in [-0.4, -0.2) is 92.8 Å². The number of rotatable bonds is 41. The Morgan fingerprint density at radius 2 is 1.04 bits per heavy atom. The van der Waals surface area contributed by atoms with Gasteiger partial charge in [0.2, 0.25) is 11.8 Å². The molecule has 0 aliphatic carbocycles. The minimum atomic E-state index is -1.76. The van der Waals surface area contributed by atoms with Gasteiger partial charge in [0.05, 0.1) is 12.6 Å². The normalized spacial score (nSPS) is 18.9. The average Bonchev–Trinajstić information content (AvgIpc) is 3.32. The molecular formula is C56H101N3O8. The van der Waals surface area contributed by atoms with Crippen molar-refractivity contribution in [2.24, 2.45) is 11.7 Å². The van der Waals surface area contributed by atoms with Crippen LogP contribution in [0.25, 0.3) is 0 Å². The maximum absolute atomic E-state index is 14.4. The van der Waals surface area contributed by atoms with Crippen LogP contribution in [0.1, 0.15) is 245 Å². The largest absolute Gasteiger partial charge is 0.444 e. The second kappa shape index (κ2) is 39.2. The van der Waals surface area contributed by atoms with E-state index in [1.54, 1.807) is 12.1 Å². The van der Waals surface area contributed by atoms with Gasteiger partial charge in [-0.15, -0.1) is 0 Å². The molecule has 5 N–H and O–H groups in total. The van der Waals surface area contributed by atoms with E-state index in [1.165, 1.54) is 153 Å². The highest BCUT2D eigenvalue weighted by atomic mass is 16.6. The van der Waals surface area contributed by atoms with E-state index >= 15 is 0 Å². The maximum atomic E-state index is 14.4. The van der Waals surface area contributed by atoms with Crippen molar-refractivity contribution in [2.45, 2.75) is 283 Å². The Labute approximate surface area is 409 Å². The number of imide groups is 1. The van der Waals surface area contributed by atoms with Crippen LogP contribution in [0.2, 0.25) is 0 Å². The molecule has 1 aromatic rings. The number of unbranched alkanes of at least 4 members (excludes halogenated alkanes) is 29. The van der Waals surface area contributed by atoms with Gasteiger partial charge in [0.1, 0.15) is 31.0 Å². The SMILES string of the molecule is CCCCCCCCCCCCCCCCCCN(C(=O)CCCCCCCCCCCCCCCCC)[C@@H]1O[C@H](CO)[C@H](O)[C@H](O)[C@H]1N(C(=O)OCc1ccccc1)C(=O)[C@@H](N)CC(C)C. The highest BCUT2D eigenvalue weighted by Gasteiger charge is 2.53. The summed E-state index contributed by atoms with van der Waals surface area (Å²) in [6.07, 6.45) is 30.9. The van der Waals surface area contributed by atoms with Gasteiger partial charge >= 0.3 is 6.09 Å². The number of hydrogen-bond acceptors (Lipinski definition) is 9. The zero-order valence-corrected chi connectivity index (χ0v) is 43.2. The smallest absolute Gasteiger partial charge is 0.417 e. The summed E-state index contributed by atoms with van der Waals surface area (Å²) in [7, 11) is 0. The molecule has 3 amide bonds. The predicted molar refractivity (Wildman–Crippen MR) is 273 cm³/mol. The van der Waals surface area contributed by atoms with E-state index in [2.05, 4.69) is 13.8 Å². The highest BCUT2D eigenvalue weighted by Crippen LogP contribution is 2.31. The van der Waals surface area contributed by atoms with Crippen molar-refractivity contribution < 1.29 is 39.2 Å². The monoisotopic (exact) mass is 944 g/mol. The lowest BCUT2D eigenvalue weighted by Crippen LogP contribution is -2.71. The fraction of sp³-hybridized carbons (Fsp3) is 0.839. The zero-order chi connectivity index (χ0) is 48.9. The molecule has 1 aliphatic rings. The summed E-state index contributed by atoms with van der Waals surface area (Å²) in [5.74, 6) is -1.00. The second-order valence-corrected chi connectivity index (χ2v) is 20.3. The minimum Gasteiger partial charge on any atom is -0.444 e. The Balaban J connectivity index is 2.13. The molecule has 67 heavy (non-hydrogen) atoms. The van der Waals surface area contributed by atoms with Crippen molar-refractivity contribution in [1.82, 2.24) is 9.80 Å². The molecule has 1 aromatic carbocycles.